The average Bonchev–Trinajstić information content (AvgIpc) is 2.72. The third-order valence-electron chi connectivity index (χ3n) is 4.22. The van der Waals surface area contributed by atoms with E-state index in [4.69, 9.17) is 0 Å². The molecule has 1 saturated heterocycles. The van der Waals surface area contributed by atoms with E-state index in [1.807, 2.05) is 13.1 Å². The zero-order chi connectivity index (χ0) is 16.2. The molecule has 0 spiro atoms. The van der Waals surface area contributed by atoms with Crippen LogP contribution >= 0.6 is 0 Å². The fourth-order valence-corrected chi connectivity index (χ4v) is 2.79. The Morgan fingerprint density at radius 1 is 1.27 bits per heavy atom. The molecule has 1 aliphatic heterocycles. The van der Waals surface area contributed by atoms with Crippen LogP contribution in [0.2, 0.25) is 0 Å². The van der Waals surface area contributed by atoms with Gasteiger partial charge in [0.1, 0.15) is 0 Å². The van der Waals surface area contributed by atoms with Gasteiger partial charge in [-0.15, -0.1) is 6.58 Å². The number of hydrogen-bond donors (Lipinski definition) is 1. The number of unbranched alkanes of at least 4 members (excludes halogenated alkanes) is 1. The van der Waals surface area contributed by atoms with Crippen LogP contribution < -0.4 is 5.32 Å². The molecule has 1 rings (SSSR count). The Morgan fingerprint density at radius 3 is 2.82 bits per heavy atom. The van der Waals surface area contributed by atoms with Crippen molar-refractivity contribution in [3.63, 3.8) is 0 Å². The number of guanidine groups is 1. The third kappa shape index (κ3) is 7.80. The number of nitrogens with one attached hydrogen (secondary N) is 1. The van der Waals surface area contributed by atoms with Crippen LogP contribution in [-0.2, 0) is 0 Å². The first-order chi connectivity index (χ1) is 10.7. The van der Waals surface area contributed by atoms with Crippen molar-refractivity contribution >= 4 is 5.96 Å². The molecule has 1 aliphatic rings. The van der Waals surface area contributed by atoms with Crippen molar-refractivity contribution < 1.29 is 0 Å². The molecule has 1 heterocycles. The molecular weight excluding hydrogens is 274 g/mol. The zero-order valence-electron chi connectivity index (χ0n) is 14.9. The number of nitrogens with zero attached hydrogens (tertiary/aromatic N) is 4. The number of aliphatic imine (C=N–C) groups is 1. The molecule has 0 aromatic heterocycles. The summed E-state index contributed by atoms with van der Waals surface area (Å²) in [5.41, 5.74) is 0. The molecule has 5 nitrogen and oxygen atoms in total. The average molecular weight is 310 g/mol. The van der Waals surface area contributed by atoms with Gasteiger partial charge in [-0.25, -0.2) is 0 Å². The Morgan fingerprint density at radius 2 is 2.09 bits per heavy atom. The van der Waals surface area contributed by atoms with Crippen molar-refractivity contribution in [1.29, 1.82) is 0 Å². The lowest BCUT2D eigenvalue weighted by Crippen LogP contribution is -2.40. The first-order valence-electron chi connectivity index (χ1n) is 8.61. The summed E-state index contributed by atoms with van der Waals surface area (Å²) in [6.07, 6.45) is 6.62. The van der Waals surface area contributed by atoms with Crippen molar-refractivity contribution in [3.05, 3.63) is 12.7 Å². The lowest BCUT2D eigenvalue weighted by molar-refractivity contribution is 0.273. The molecule has 0 aliphatic carbocycles. The fraction of sp³-hybridized carbons (Fsp3) is 0.824. The molecule has 0 atom stereocenters. The maximum atomic E-state index is 4.36. The Labute approximate surface area is 137 Å². The molecule has 128 valence electrons. The SMILES string of the molecule is C=CCCCN(C)C(=NC)NCCCN1CCCN(C)CC1. The van der Waals surface area contributed by atoms with Gasteiger partial charge >= 0.3 is 0 Å². The summed E-state index contributed by atoms with van der Waals surface area (Å²) in [6.45, 7) is 11.8. The summed E-state index contributed by atoms with van der Waals surface area (Å²) in [6, 6.07) is 0. The van der Waals surface area contributed by atoms with Gasteiger partial charge in [-0.3, -0.25) is 4.99 Å². The van der Waals surface area contributed by atoms with Gasteiger partial charge in [0.05, 0.1) is 0 Å². The predicted molar refractivity (Wildman–Crippen MR) is 96.6 cm³/mol. The van der Waals surface area contributed by atoms with Gasteiger partial charge in [0.25, 0.3) is 0 Å². The van der Waals surface area contributed by atoms with Gasteiger partial charge in [0.15, 0.2) is 5.96 Å². The largest absolute Gasteiger partial charge is 0.356 e. The van der Waals surface area contributed by atoms with Crippen molar-refractivity contribution in [2.45, 2.75) is 25.7 Å². The van der Waals surface area contributed by atoms with Gasteiger partial charge in [-0.2, -0.15) is 0 Å². The zero-order valence-corrected chi connectivity index (χ0v) is 14.9. The van der Waals surface area contributed by atoms with Gasteiger partial charge in [-0.1, -0.05) is 6.08 Å². The van der Waals surface area contributed by atoms with E-state index in [9.17, 15) is 0 Å². The lowest BCUT2D eigenvalue weighted by atomic mass is 10.3. The molecule has 1 fully saturated rings. The molecule has 1 N–H and O–H groups in total. The monoisotopic (exact) mass is 309 g/mol. The number of likely N-dealkylation sites (N-methyl/N-ethyl adjacent to an activating group) is 1. The van der Waals surface area contributed by atoms with E-state index in [0.717, 1.165) is 31.9 Å². The van der Waals surface area contributed by atoms with Crippen LogP contribution in [0.4, 0.5) is 0 Å². The van der Waals surface area contributed by atoms with Crippen LogP contribution in [-0.4, -0.2) is 87.6 Å². The Hall–Kier alpha value is -1.07. The first kappa shape index (κ1) is 19.0. The van der Waals surface area contributed by atoms with E-state index in [0.29, 0.717) is 0 Å². The number of rotatable bonds is 8. The Balaban J connectivity index is 2.17. The normalized spacial score (nSPS) is 18.0. The number of hydrogen-bond acceptors (Lipinski definition) is 3. The van der Waals surface area contributed by atoms with Crippen LogP contribution in [0.5, 0.6) is 0 Å². The standard InChI is InChI=1S/C17H35N5/c1-5-6-7-12-21(4)17(18-2)19-10-8-13-22-14-9-11-20(3)15-16-22/h5H,1,6-16H2,2-4H3,(H,18,19). The summed E-state index contributed by atoms with van der Waals surface area (Å²) < 4.78 is 0. The van der Waals surface area contributed by atoms with Gasteiger partial charge in [0.2, 0.25) is 0 Å². The van der Waals surface area contributed by atoms with Crippen LogP contribution in [0, 0.1) is 0 Å². The molecular formula is C17H35N5. The molecule has 5 heteroatoms. The molecule has 0 amide bonds. The minimum absolute atomic E-state index is 0.991. The fourth-order valence-electron chi connectivity index (χ4n) is 2.79. The minimum Gasteiger partial charge on any atom is -0.356 e. The quantitative estimate of drug-likeness (QED) is 0.319. The van der Waals surface area contributed by atoms with E-state index >= 15 is 0 Å². The van der Waals surface area contributed by atoms with E-state index in [2.05, 4.69) is 45.7 Å². The summed E-state index contributed by atoms with van der Waals surface area (Å²) in [4.78, 5) is 11.6. The van der Waals surface area contributed by atoms with E-state index in [1.165, 1.54) is 45.6 Å². The second kappa shape index (κ2) is 11.5. The van der Waals surface area contributed by atoms with Crippen molar-refractivity contribution in [2.75, 3.05) is 67.0 Å². The number of allylic oxidation sites excluding steroid dienone is 1. The highest BCUT2D eigenvalue weighted by atomic mass is 15.3. The van der Waals surface area contributed by atoms with E-state index < -0.39 is 0 Å². The first-order valence-corrected chi connectivity index (χ1v) is 8.61. The van der Waals surface area contributed by atoms with Crippen LogP contribution in [0.1, 0.15) is 25.7 Å². The van der Waals surface area contributed by atoms with Crippen molar-refractivity contribution in [2.24, 2.45) is 4.99 Å². The van der Waals surface area contributed by atoms with Crippen LogP contribution in [0.25, 0.3) is 0 Å². The summed E-state index contributed by atoms with van der Waals surface area (Å²) in [5.74, 6) is 1.000. The minimum atomic E-state index is 0.991. The van der Waals surface area contributed by atoms with Crippen LogP contribution in [0.3, 0.4) is 0 Å². The molecule has 0 aromatic carbocycles. The van der Waals surface area contributed by atoms with Crippen LogP contribution in [0.15, 0.2) is 17.6 Å². The highest BCUT2D eigenvalue weighted by molar-refractivity contribution is 5.79. The maximum Gasteiger partial charge on any atom is 0.193 e. The molecule has 0 bridgehead atoms. The second-order valence-electron chi connectivity index (χ2n) is 6.18. The Kier molecular flexibility index (Phi) is 9.91. The smallest absolute Gasteiger partial charge is 0.193 e. The summed E-state index contributed by atoms with van der Waals surface area (Å²) in [7, 11) is 6.18. The summed E-state index contributed by atoms with van der Waals surface area (Å²) in [5, 5.41) is 3.47. The van der Waals surface area contributed by atoms with Gasteiger partial charge < -0.3 is 20.0 Å². The van der Waals surface area contributed by atoms with E-state index in [1.54, 1.807) is 0 Å². The molecule has 0 aromatic rings. The van der Waals surface area contributed by atoms with Gasteiger partial charge in [0, 0.05) is 40.3 Å². The summed E-state index contributed by atoms with van der Waals surface area (Å²) >= 11 is 0. The highest BCUT2D eigenvalue weighted by Crippen LogP contribution is 2.01. The van der Waals surface area contributed by atoms with Gasteiger partial charge in [-0.05, 0) is 52.4 Å². The van der Waals surface area contributed by atoms with E-state index in [-0.39, 0.29) is 0 Å². The Bertz CT molecular complexity index is 329. The molecule has 0 saturated carbocycles. The van der Waals surface area contributed by atoms with Crippen molar-refractivity contribution in [1.82, 2.24) is 20.0 Å². The third-order valence-corrected chi connectivity index (χ3v) is 4.22. The predicted octanol–water partition coefficient (Wildman–Crippen LogP) is 1.49. The maximum absolute atomic E-state index is 4.36. The molecule has 0 unspecified atom stereocenters. The highest BCUT2D eigenvalue weighted by Gasteiger charge is 2.11. The second-order valence-corrected chi connectivity index (χ2v) is 6.18. The molecule has 0 radical (unpaired) electrons. The lowest BCUT2D eigenvalue weighted by Gasteiger charge is -2.23. The molecule has 22 heavy (non-hydrogen) atoms. The van der Waals surface area contributed by atoms with Crippen molar-refractivity contribution in [3.8, 4) is 0 Å². The topological polar surface area (TPSA) is 34.1 Å².